The number of tetrazole rings is 1. The summed E-state index contributed by atoms with van der Waals surface area (Å²) in [5.41, 5.74) is -5.35. The van der Waals surface area contributed by atoms with Crippen LogP contribution in [0.2, 0.25) is 0 Å². The summed E-state index contributed by atoms with van der Waals surface area (Å²) in [5, 5.41) is 11.0. The van der Waals surface area contributed by atoms with Gasteiger partial charge in [0, 0.05) is 19.6 Å². The fourth-order valence-electron chi connectivity index (χ4n) is 4.97. The molecule has 9 nitrogen and oxygen atoms in total. The highest BCUT2D eigenvalue weighted by Gasteiger charge is 2.44. The SMILES string of the molecule is CC[C@@H]1C[C@H](N(Cc2cc(C(F)(F)F)cc(C(F)(F)F)c2)c2nnnn2C)c2nc(C(F)(F)F)ccc2N1C(=O)OC(C)C. The third kappa shape index (κ3) is 6.83. The topological polar surface area (TPSA) is 89.3 Å². The number of carbonyl (C=O) groups is 1. The second-order valence-corrected chi connectivity index (χ2v) is 10.4. The lowest BCUT2D eigenvalue weighted by molar-refractivity contribution is -0.143. The lowest BCUT2D eigenvalue weighted by atomic mass is 9.91. The first-order valence-electron chi connectivity index (χ1n) is 13.2. The van der Waals surface area contributed by atoms with E-state index in [2.05, 4.69) is 20.5 Å². The van der Waals surface area contributed by atoms with Gasteiger partial charge in [0.25, 0.3) is 0 Å². The van der Waals surface area contributed by atoms with Crippen molar-refractivity contribution in [3.8, 4) is 0 Å². The van der Waals surface area contributed by atoms with Crippen LogP contribution in [0.25, 0.3) is 0 Å². The van der Waals surface area contributed by atoms with Crippen LogP contribution in [0.15, 0.2) is 30.3 Å². The van der Waals surface area contributed by atoms with Gasteiger partial charge in [-0.15, -0.1) is 0 Å². The van der Waals surface area contributed by atoms with Gasteiger partial charge < -0.3 is 9.64 Å². The number of alkyl halides is 9. The molecule has 44 heavy (non-hydrogen) atoms. The Bertz CT molecular complexity index is 1470. The molecule has 0 saturated heterocycles. The van der Waals surface area contributed by atoms with Gasteiger partial charge in [-0.2, -0.15) is 39.5 Å². The summed E-state index contributed by atoms with van der Waals surface area (Å²) in [6.07, 6.45) is -16.6. The van der Waals surface area contributed by atoms with E-state index in [9.17, 15) is 44.3 Å². The molecule has 0 bridgehead atoms. The predicted molar refractivity (Wildman–Crippen MR) is 136 cm³/mol. The first-order valence-corrected chi connectivity index (χ1v) is 13.2. The molecule has 18 heteroatoms. The Labute approximate surface area is 244 Å². The smallest absolute Gasteiger partial charge is 0.433 e. The van der Waals surface area contributed by atoms with Gasteiger partial charge in [0.15, 0.2) is 0 Å². The zero-order chi connectivity index (χ0) is 32.8. The largest absolute Gasteiger partial charge is 0.446 e. The molecule has 0 aliphatic carbocycles. The molecule has 4 rings (SSSR count). The number of amides is 1. The number of hydrogen-bond acceptors (Lipinski definition) is 7. The standard InChI is InChI=1S/C26H26F9N7O2/c1-5-17-11-19(21-18(42(17)23(43)44-13(2)3)6-7-20(36-21)26(33,34)35)41(22-37-38-39-40(22)4)12-14-8-15(24(27,28)29)10-16(9-14)25(30,31)32/h6-10,13,17,19H,5,11-12H2,1-4H3/t17-,19+/m1/s1. The molecule has 0 saturated carbocycles. The number of carbonyl (C=O) groups excluding carboxylic acids is 1. The fourth-order valence-corrected chi connectivity index (χ4v) is 4.97. The van der Waals surface area contributed by atoms with Gasteiger partial charge in [0.2, 0.25) is 5.95 Å². The van der Waals surface area contributed by atoms with Crippen LogP contribution in [-0.4, -0.2) is 43.4 Å². The molecule has 1 amide bonds. The van der Waals surface area contributed by atoms with Crippen molar-refractivity contribution in [1.82, 2.24) is 25.2 Å². The van der Waals surface area contributed by atoms with Gasteiger partial charge in [0.1, 0.15) is 5.69 Å². The number of ether oxygens (including phenoxy) is 1. The number of pyridine rings is 1. The number of benzene rings is 1. The number of hydrogen-bond donors (Lipinski definition) is 0. The predicted octanol–water partition coefficient (Wildman–Crippen LogP) is 6.94. The molecule has 3 aromatic rings. The van der Waals surface area contributed by atoms with E-state index in [1.165, 1.54) is 11.9 Å². The Morgan fingerprint density at radius 2 is 1.61 bits per heavy atom. The summed E-state index contributed by atoms with van der Waals surface area (Å²) in [4.78, 5) is 19.3. The van der Waals surface area contributed by atoms with E-state index >= 15 is 0 Å². The van der Waals surface area contributed by atoms with Gasteiger partial charge in [0.05, 0.1) is 34.7 Å². The molecule has 2 aromatic heterocycles. The summed E-state index contributed by atoms with van der Waals surface area (Å²) >= 11 is 0. The van der Waals surface area contributed by atoms with Crippen LogP contribution in [0.1, 0.15) is 67.7 Å². The summed E-state index contributed by atoms with van der Waals surface area (Å²) in [6, 6.07) is 0.719. The number of aromatic nitrogens is 5. The Balaban J connectivity index is 1.94. The third-order valence-electron chi connectivity index (χ3n) is 6.86. The Hall–Kier alpha value is -4.12. The van der Waals surface area contributed by atoms with Gasteiger partial charge in [-0.3, -0.25) is 4.90 Å². The zero-order valence-electron chi connectivity index (χ0n) is 23.6. The molecular weight excluding hydrogens is 613 g/mol. The maximum Gasteiger partial charge on any atom is 0.433 e. The molecule has 240 valence electrons. The van der Waals surface area contributed by atoms with Crippen LogP contribution < -0.4 is 9.80 Å². The molecular formula is C26H26F9N7O2. The number of halogens is 9. The minimum absolute atomic E-state index is 0.0316. The van der Waals surface area contributed by atoms with Crippen molar-refractivity contribution in [2.45, 2.75) is 76.9 Å². The zero-order valence-corrected chi connectivity index (χ0v) is 23.6. The molecule has 1 aromatic carbocycles. The third-order valence-corrected chi connectivity index (χ3v) is 6.86. The second-order valence-electron chi connectivity index (χ2n) is 10.4. The van der Waals surface area contributed by atoms with E-state index in [-0.39, 0.29) is 36.2 Å². The lowest BCUT2D eigenvalue weighted by Gasteiger charge is -2.43. The van der Waals surface area contributed by atoms with Crippen molar-refractivity contribution >= 4 is 17.7 Å². The summed E-state index contributed by atoms with van der Waals surface area (Å²) < 4.78 is 130. The van der Waals surface area contributed by atoms with Crippen molar-refractivity contribution in [3.63, 3.8) is 0 Å². The van der Waals surface area contributed by atoms with Crippen LogP contribution in [0.3, 0.4) is 0 Å². The van der Waals surface area contributed by atoms with Crippen LogP contribution in [0.5, 0.6) is 0 Å². The molecule has 3 heterocycles. The monoisotopic (exact) mass is 639 g/mol. The number of aryl methyl sites for hydroxylation is 1. The molecule has 0 radical (unpaired) electrons. The van der Waals surface area contributed by atoms with Crippen LogP contribution >= 0.6 is 0 Å². The van der Waals surface area contributed by atoms with E-state index in [0.29, 0.717) is 18.2 Å². The van der Waals surface area contributed by atoms with Crippen molar-refractivity contribution in [2.75, 3.05) is 9.80 Å². The Morgan fingerprint density at radius 3 is 2.09 bits per heavy atom. The van der Waals surface area contributed by atoms with E-state index in [1.807, 2.05) is 0 Å². The summed E-state index contributed by atoms with van der Waals surface area (Å²) in [5.74, 6) is -0.181. The molecule has 0 unspecified atom stereocenters. The van der Waals surface area contributed by atoms with Gasteiger partial charge >= 0.3 is 24.6 Å². The highest BCUT2D eigenvalue weighted by molar-refractivity contribution is 5.90. The number of anilines is 2. The molecule has 0 spiro atoms. The maximum atomic E-state index is 13.8. The van der Waals surface area contributed by atoms with E-state index in [1.54, 1.807) is 20.8 Å². The highest BCUT2D eigenvalue weighted by Crippen LogP contribution is 2.45. The number of nitrogens with zero attached hydrogens (tertiary/aromatic N) is 7. The van der Waals surface area contributed by atoms with Crippen LogP contribution in [0, 0.1) is 0 Å². The first-order chi connectivity index (χ1) is 20.3. The van der Waals surface area contributed by atoms with E-state index < -0.39 is 71.7 Å². The fraction of sp³-hybridized carbons (Fsp3) is 0.500. The number of rotatable bonds is 6. The first kappa shape index (κ1) is 32.8. The minimum atomic E-state index is -5.14. The summed E-state index contributed by atoms with van der Waals surface area (Å²) in [6.45, 7) is 4.14. The molecule has 0 N–H and O–H groups in total. The van der Waals surface area contributed by atoms with Crippen LogP contribution in [-0.2, 0) is 36.9 Å². The second kappa shape index (κ2) is 11.8. The highest BCUT2D eigenvalue weighted by atomic mass is 19.4. The maximum absolute atomic E-state index is 13.8. The lowest BCUT2D eigenvalue weighted by Crippen LogP contribution is -2.49. The minimum Gasteiger partial charge on any atom is -0.446 e. The Morgan fingerprint density at radius 1 is 1.00 bits per heavy atom. The average molecular weight is 640 g/mol. The molecule has 1 aliphatic rings. The van der Waals surface area contributed by atoms with Gasteiger partial charge in [-0.1, -0.05) is 12.0 Å². The molecule has 2 atom stereocenters. The quantitative estimate of drug-likeness (QED) is 0.270. The van der Waals surface area contributed by atoms with Gasteiger partial charge in [-0.25, -0.2) is 14.5 Å². The van der Waals surface area contributed by atoms with Gasteiger partial charge in [-0.05, 0) is 73.0 Å². The van der Waals surface area contributed by atoms with E-state index in [0.717, 1.165) is 15.6 Å². The normalized spacial score (nSPS) is 17.5. The Kier molecular flexibility index (Phi) is 8.76. The van der Waals surface area contributed by atoms with Crippen molar-refractivity contribution < 1.29 is 49.0 Å². The number of fused-ring (bicyclic) bond motifs is 1. The summed E-state index contributed by atoms with van der Waals surface area (Å²) in [7, 11) is 1.34. The van der Waals surface area contributed by atoms with Crippen molar-refractivity contribution in [3.05, 3.63) is 58.4 Å². The van der Waals surface area contributed by atoms with Crippen molar-refractivity contribution in [1.29, 1.82) is 0 Å². The molecule has 1 aliphatic heterocycles. The average Bonchev–Trinajstić information content (AvgIpc) is 3.33. The van der Waals surface area contributed by atoms with Crippen molar-refractivity contribution in [2.24, 2.45) is 7.05 Å². The van der Waals surface area contributed by atoms with E-state index in [4.69, 9.17) is 4.74 Å². The molecule has 0 fully saturated rings. The van der Waals surface area contributed by atoms with Crippen LogP contribution in [0.4, 0.5) is 55.9 Å².